The van der Waals surface area contributed by atoms with Gasteiger partial charge >= 0.3 is 0 Å². The van der Waals surface area contributed by atoms with Crippen LogP contribution < -0.4 is 10.6 Å². The normalized spacial score (nSPS) is 10.7. The Labute approximate surface area is 137 Å². The summed E-state index contributed by atoms with van der Waals surface area (Å²) >= 11 is 1.45. The predicted molar refractivity (Wildman–Crippen MR) is 88.1 cm³/mol. The smallest absolute Gasteiger partial charge is 0.210 e. The lowest BCUT2D eigenvalue weighted by Crippen LogP contribution is -2.11. The molecule has 0 aliphatic carbocycles. The van der Waals surface area contributed by atoms with Crippen LogP contribution in [0.4, 0.5) is 4.39 Å². The van der Waals surface area contributed by atoms with Gasteiger partial charge < -0.3 is 10.6 Å². The van der Waals surface area contributed by atoms with E-state index in [9.17, 15) is 4.39 Å². The third kappa shape index (κ3) is 3.45. The minimum absolute atomic E-state index is 0.248. The van der Waals surface area contributed by atoms with Crippen molar-refractivity contribution in [2.24, 2.45) is 0 Å². The highest BCUT2D eigenvalue weighted by atomic mass is 32.2. The molecule has 0 fully saturated rings. The van der Waals surface area contributed by atoms with Crippen LogP contribution in [0.25, 0.3) is 11.4 Å². The molecule has 0 saturated heterocycles. The third-order valence-electron chi connectivity index (χ3n) is 3.29. The van der Waals surface area contributed by atoms with Crippen molar-refractivity contribution in [3.8, 4) is 17.1 Å². The molecular weight excluding hydrogens is 315 g/mol. The highest BCUT2D eigenvalue weighted by molar-refractivity contribution is 7.98. The monoisotopic (exact) mass is 330 g/mol. The molecule has 1 heterocycles. The van der Waals surface area contributed by atoms with Crippen molar-refractivity contribution in [2.45, 2.75) is 10.9 Å². The van der Waals surface area contributed by atoms with Crippen molar-refractivity contribution in [3.63, 3.8) is 0 Å². The van der Waals surface area contributed by atoms with Crippen LogP contribution in [0.1, 0.15) is 5.56 Å². The number of nitrogen functional groups attached to an aromatic ring is 1. The number of ether oxygens (including phenoxy) is 1. The maximum absolute atomic E-state index is 12.9. The summed E-state index contributed by atoms with van der Waals surface area (Å²) in [6, 6.07) is 13.8. The highest BCUT2D eigenvalue weighted by Gasteiger charge is 2.12. The highest BCUT2D eigenvalue weighted by Crippen LogP contribution is 2.25. The fraction of sp³-hybridized carbons (Fsp3) is 0.125. The first-order valence-electron chi connectivity index (χ1n) is 6.89. The molecule has 2 N–H and O–H groups in total. The molecule has 0 aliphatic heterocycles. The molecule has 1 aromatic heterocycles. The fourth-order valence-corrected chi connectivity index (χ4v) is 2.85. The number of methoxy groups -OCH3 is 1. The van der Waals surface area contributed by atoms with Crippen molar-refractivity contribution in [3.05, 3.63) is 59.9 Å². The lowest BCUT2D eigenvalue weighted by Gasteiger charge is -2.05. The third-order valence-corrected chi connectivity index (χ3v) is 4.31. The van der Waals surface area contributed by atoms with Crippen LogP contribution >= 0.6 is 11.8 Å². The maximum atomic E-state index is 12.9. The topological polar surface area (TPSA) is 66.0 Å². The Kier molecular flexibility index (Phi) is 4.47. The fourth-order valence-electron chi connectivity index (χ4n) is 2.04. The molecule has 0 saturated carbocycles. The minimum atomic E-state index is -0.248. The van der Waals surface area contributed by atoms with Gasteiger partial charge in [0.05, 0.1) is 7.11 Å². The van der Waals surface area contributed by atoms with E-state index in [2.05, 4.69) is 10.2 Å². The van der Waals surface area contributed by atoms with E-state index in [1.807, 2.05) is 24.3 Å². The number of hydrogen-bond donors (Lipinski definition) is 1. The van der Waals surface area contributed by atoms with Gasteiger partial charge in [-0.25, -0.2) is 9.07 Å². The number of nitrogens with zero attached hydrogens (tertiary/aromatic N) is 3. The van der Waals surface area contributed by atoms with E-state index in [4.69, 9.17) is 10.6 Å². The summed E-state index contributed by atoms with van der Waals surface area (Å²) in [5.41, 5.74) is 1.85. The first-order valence-corrected chi connectivity index (χ1v) is 7.88. The zero-order valence-corrected chi connectivity index (χ0v) is 13.3. The Morgan fingerprint density at radius 3 is 2.43 bits per heavy atom. The van der Waals surface area contributed by atoms with E-state index in [0.717, 1.165) is 16.9 Å². The zero-order chi connectivity index (χ0) is 16.2. The maximum Gasteiger partial charge on any atom is 0.210 e. The Morgan fingerprint density at radius 2 is 1.78 bits per heavy atom. The molecule has 0 amide bonds. The molecule has 0 spiro atoms. The molecule has 0 atom stereocenters. The Hall–Kier alpha value is -2.54. The molecule has 2 aromatic carbocycles. The first-order chi connectivity index (χ1) is 11.2. The predicted octanol–water partition coefficient (Wildman–Crippen LogP) is 3.10. The summed E-state index contributed by atoms with van der Waals surface area (Å²) < 4.78 is 19.5. The second-order valence-corrected chi connectivity index (χ2v) is 5.76. The molecular formula is C16H15FN4OS. The van der Waals surface area contributed by atoms with Crippen molar-refractivity contribution in [2.75, 3.05) is 13.0 Å². The van der Waals surface area contributed by atoms with Crippen LogP contribution in [0.5, 0.6) is 5.75 Å². The molecule has 3 aromatic rings. The SMILES string of the molecule is COc1ccc(-c2nnc(SCc3ccc(F)cc3)n2N)cc1. The van der Waals surface area contributed by atoms with Gasteiger partial charge in [-0.2, -0.15) is 0 Å². The van der Waals surface area contributed by atoms with Crippen LogP contribution in [-0.4, -0.2) is 22.0 Å². The Balaban J connectivity index is 1.74. The summed E-state index contributed by atoms with van der Waals surface area (Å²) in [5.74, 6) is 7.81. The van der Waals surface area contributed by atoms with Crippen LogP contribution in [-0.2, 0) is 5.75 Å². The number of nitrogens with two attached hydrogens (primary N) is 1. The summed E-state index contributed by atoms with van der Waals surface area (Å²) in [6.07, 6.45) is 0. The van der Waals surface area contributed by atoms with E-state index < -0.39 is 0 Å². The summed E-state index contributed by atoms with van der Waals surface area (Å²) in [6.45, 7) is 0. The lowest BCUT2D eigenvalue weighted by molar-refractivity contribution is 0.415. The van der Waals surface area contributed by atoms with E-state index in [-0.39, 0.29) is 5.82 Å². The van der Waals surface area contributed by atoms with Gasteiger partial charge in [0.25, 0.3) is 0 Å². The quantitative estimate of drug-likeness (QED) is 0.575. The largest absolute Gasteiger partial charge is 0.497 e. The van der Waals surface area contributed by atoms with Gasteiger partial charge in [0.1, 0.15) is 11.6 Å². The lowest BCUT2D eigenvalue weighted by atomic mass is 10.2. The van der Waals surface area contributed by atoms with Gasteiger partial charge in [-0.05, 0) is 42.0 Å². The van der Waals surface area contributed by atoms with Gasteiger partial charge in [0.2, 0.25) is 5.16 Å². The van der Waals surface area contributed by atoms with Gasteiger partial charge in [-0.1, -0.05) is 23.9 Å². The molecule has 0 unspecified atom stereocenters. The zero-order valence-electron chi connectivity index (χ0n) is 12.4. The molecule has 0 radical (unpaired) electrons. The van der Waals surface area contributed by atoms with Crippen LogP contribution in [0.2, 0.25) is 0 Å². The summed E-state index contributed by atoms with van der Waals surface area (Å²) in [5, 5.41) is 8.84. The number of thioether (sulfide) groups is 1. The first kappa shape index (κ1) is 15.4. The van der Waals surface area contributed by atoms with Crippen LogP contribution in [0, 0.1) is 5.82 Å². The average molecular weight is 330 g/mol. The van der Waals surface area contributed by atoms with Gasteiger partial charge in [0.15, 0.2) is 5.82 Å². The Bertz CT molecular complexity index is 787. The van der Waals surface area contributed by atoms with E-state index in [0.29, 0.717) is 16.7 Å². The molecule has 118 valence electrons. The molecule has 0 bridgehead atoms. The molecule has 23 heavy (non-hydrogen) atoms. The van der Waals surface area contributed by atoms with E-state index >= 15 is 0 Å². The minimum Gasteiger partial charge on any atom is -0.497 e. The van der Waals surface area contributed by atoms with Crippen molar-refractivity contribution < 1.29 is 9.13 Å². The molecule has 7 heteroatoms. The standard InChI is InChI=1S/C16H15FN4OS/c1-22-14-8-4-12(5-9-14)15-19-20-16(21(15)18)23-10-11-2-6-13(17)7-3-11/h2-9H,10,18H2,1H3. The van der Waals surface area contributed by atoms with Crippen molar-refractivity contribution >= 4 is 11.8 Å². The number of hydrogen-bond acceptors (Lipinski definition) is 5. The molecule has 5 nitrogen and oxygen atoms in total. The molecule has 0 aliphatic rings. The number of halogens is 1. The summed E-state index contributed by atoms with van der Waals surface area (Å²) in [7, 11) is 1.62. The summed E-state index contributed by atoms with van der Waals surface area (Å²) in [4.78, 5) is 0. The van der Waals surface area contributed by atoms with E-state index in [1.165, 1.54) is 28.6 Å². The Morgan fingerprint density at radius 1 is 1.09 bits per heavy atom. The molecule has 3 rings (SSSR count). The van der Waals surface area contributed by atoms with Gasteiger partial charge in [-0.15, -0.1) is 10.2 Å². The van der Waals surface area contributed by atoms with Crippen molar-refractivity contribution in [1.82, 2.24) is 14.9 Å². The van der Waals surface area contributed by atoms with E-state index in [1.54, 1.807) is 19.2 Å². The van der Waals surface area contributed by atoms with Gasteiger partial charge in [-0.3, -0.25) is 0 Å². The van der Waals surface area contributed by atoms with Gasteiger partial charge in [0, 0.05) is 11.3 Å². The average Bonchev–Trinajstić information content (AvgIpc) is 2.95. The second-order valence-electron chi connectivity index (χ2n) is 4.82. The van der Waals surface area contributed by atoms with Crippen molar-refractivity contribution in [1.29, 1.82) is 0 Å². The van der Waals surface area contributed by atoms with Crippen LogP contribution in [0.15, 0.2) is 53.7 Å². The number of aromatic nitrogens is 3. The number of benzene rings is 2. The second kappa shape index (κ2) is 6.70. The number of rotatable bonds is 5. The van der Waals surface area contributed by atoms with Crippen LogP contribution in [0.3, 0.4) is 0 Å².